The summed E-state index contributed by atoms with van der Waals surface area (Å²) in [6.45, 7) is 0. The maximum atomic E-state index is 6.57. The first-order valence-corrected chi connectivity index (χ1v) is 22.0. The van der Waals surface area contributed by atoms with Crippen molar-refractivity contribution in [2.45, 2.75) is 0 Å². The second kappa shape index (κ2) is 14.9. The molecule has 0 spiro atoms. The molecule has 12 aromatic rings. The number of para-hydroxylation sites is 4. The molecule has 0 unspecified atom stereocenters. The molecule has 10 aromatic carbocycles. The van der Waals surface area contributed by atoms with Crippen molar-refractivity contribution in [2.75, 3.05) is 4.90 Å². The largest absolute Gasteiger partial charge is 0.453 e. The maximum Gasteiger partial charge on any atom is 0.160 e. The molecule has 0 aliphatic carbocycles. The van der Waals surface area contributed by atoms with E-state index in [4.69, 9.17) is 14.7 Å². The molecule has 13 rings (SSSR count). The van der Waals surface area contributed by atoms with Crippen LogP contribution in [0.1, 0.15) is 0 Å². The first-order valence-electron chi connectivity index (χ1n) is 22.0. The zero-order chi connectivity index (χ0) is 42.8. The van der Waals surface area contributed by atoms with Crippen LogP contribution < -0.4 is 9.64 Å². The molecular formula is C60H38N4O. The first-order chi connectivity index (χ1) is 32.2. The number of ether oxygens (including phenoxy) is 1. The second-order valence-electron chi connectivity index (χ2n) is 16.5. The smallest absolute Gasteiger partial charge is 0.160 e. The van der Waals surface area contributed by atoms with Gasteiger partial charge in [-0.05, 0) is 99.8 Å². The Morgan fingerprint density at radius 2 is 1.02 bits per heavy atom. The molecular weight excluding hydrogens is 793 g/mol. The summed E-state index contributed by atoms with van der Waals surface area (Å²) in [7, 11) is 0. The monoisotopic (exact) mass is 830 g/mol. The van der Waals surface area contributed by atoms with E-state index in [2.05, 4.69) is 216 Å². The minimum absolute atomic E-state index is 0.681. The van der Waals surface area contributed by atoms with Crippen molar-refractivity contribution >= 4 is 60.5 Å². The zero-order valence-corrected chi connectivity index (χ0v) is 35.1. The molecule has 2 aromatic heterocycles. The SMILES string of the molecule is c1ccc(-c2ccc(-c3nc(-c4cccc(-n5c6cccc(-c7ccc8c(c7)N(c7ccccc7)c7ccccc7O8)c6c6c7ccccc7ccc65)c4)nc4ccccc34)cc2)cc1. The van der Waals surface area contributed by atoms with Crippen LogP contribution in [0.4, 0.5) is 17.1 Å². The van der Waals surface area contributed by atoms with Gasteiger partial charge in [-0.25, -0.2) is 9.97 Å². The van der Waals surface area contributed by atoms with Gasteiger partial charge in [-0.2, -0.15) is 0 Å². The minimum atomic E-state index is 0.681. The maximum absolute atomic E-state index is 6.57. The summed E-state index contributed by atoms with van der Waals surface area (Å²) in [6, 6.07) is 81.5. The fraction of sp³-hybridized carbons (Fsp3) is 0. The molecule has 5 nitrogen and oxygen atoms in total. The Bertz CT molecular complexity index is 3800. The van der Waals surface area contributed by atoms with E-state index in [0.717, 1.165) is 84.1 Å². The Morgan fingerprint density at radius 1 is 0.369 bits per heavy atom. The number of hydrogen-bond acceptors (Lipinski definition) is 4. The highest BCUT2D eigenvalue weighted by molar-refractivity contribution is 6.25. The fourth-order valence-corrected chi connectivity index (χ4v) is 9.79. The lowest BCUT2D eigenvalue weighted by Gasteiger charge is -2.33. The van der Waals surface area contributed by atoms with Crippen LogP contribution in [0.25, 0.3) is 94.1 Å². The molecule has 65 heavy (non-hydrogen) atoms. The standard InChI is InChI=1S/C60H38N4O/c1-3-15-39(16-4-1)40-29-31-42(32-30-40)59-49-23-9-10-25-50(49)61-60(62-59)44-18-13-21-46(37-44)64-52-27-14-24-48(58(52)57-47-22-8-7-17-41(47)33-35-53(57)64)43-34-36-56-54(38-43)63(45-19-5-2-6-20-45)51-26-11-12-28-55(51)65-56/h1-38H. The molecule has 3 heterocycles. The van der Waals surface area contributed by atoms with Gasteiger partial charge in [-0.3, -0.25) is 0 Å². The molecule has 1 aliphatic rings. The Labute approximate surface area is 375 Å². The average molecular weight is 831 g/mol. The second-order valence-corrected chi connectivity index (χ2v) is 16.5. The number of anilines is 3. The van der Waals surface area contributed by atoms with Gasteiger partial charge < -0.3 is 14.2 Å². The van der Waals surface area contributed by atoms with Crippen molar-refractivity contribution in [2.24, 2.45) is 0 Å². The van der Waals surface area contributed by atoms with Gasteiger partial charge in [0.15, 0.2) is 17.3 Å². The van der Waals surface area contributed by atoms with Crippen LogP contribution in [0, 0.1) is 0 Å². The number of fused-ring (bicyclic) bond motifs is 8. The van der Waals surface area contributed by atoms with Crippen LogP contribution in [0.15, 0.2) is 231 Å². The van der Waals surface area contributed by atoms with Gasteiger partial charge in [0.25, 0.3) is 0 Å². The third-order valence-corrected chi connectivity index (χ3v) is 12.8. The number of hydrogen-bond donors (Lipinski definition) is 0. The van der Waals surface area contributed by atoms with E-state index < -0.39 is 0 Å². The van der Waals surface area contributed by atoms with E-state index in [1.807, 2.05) is 24.3 Å². The molecule has 0 bridgehead atoms. The molecule has 0 N–H and O–H groups in total. The van der Waals surface area contributed by atoms with Crippen LogP contribution in [-0.2, 0) is 0 Å². The lowest BCUT2D eigenvalue weighted by atomic mass is 9.96. The van der Waals surface area contributed by atoms with E-state index in [1.54, 1.807) is 0 Å². The van der Waals surface area contributed by atoms with Gasteiger partial charge in [-0.1, -0.05) is 164 Å². The van der Waals surface area contributed by atoms with Crippen molar-refractivity contribution in [3.8, 4) is 62.1 Å². The van der Waals surface area contributed by atoms with E-state index in [9.17, 15) is 0 Å². The Hall–Kier alpha value is -8.80. The summed E-state index contributed by atoms with van der Waals surface area (Å²) in [5.41, 5.74) is 14.8. The zero-order valence-electron chi connectivity index (χ0n) is 35.1. The van der Waals surface area contributed by atoms with E-state index in [-0.39, 0.29) is 0 Å². The molecule has 0 radical (unpaired) electrons. The topological polar surface area (TPSA) is 43.2 Å². The van der Waals surface area contributed by atoms with E-state index >= 15 is 0 Å². The minimum Gasteiger partial charge on any atom is -0.453 e. The van der Waals surface area contributed by atoms with Gasteiger partial charge in [-0.15, -0.1) is 0 Å². The van der Waals surface area contributed by atoms with Gasteiger partial charge >= 0.3 is 0 Å². The Morgan fingerprint density at radius 3 is 1.89 bits per heavy atom. The number of aromatic nitrogens is 3. The highest BCUT2D eigenvalue weighted by Gasteiger charge is 2.27. The molecule has 0 saturated carbocycles. The number of benzene rings is 10. The number of rotatable bonds is 6. The molecule has 0 amide bonds. The van der Waals surface area contributed by atoms with Crippen LogP contribution in [-0.4, -0.2) is 14.5 Å². The summed E-state index contributed by atoms with van der Waals surface area (Å²) >= 11 is 0. The van der Waals surface area contributed by atoms with Crippen molar-refractivity contribution in [3.63, 3.8) is 0 Å². The molecule has 0 fully saturated rings. The van der Waals surface area contributed by atoms with Crippen LogP contribution in [0.2, 0.25) is 0 Å². The molecule has 1 aliphatic heterocycles. The fourth-order valence-electron chi connectivity index (χ4n) is 9.79. The van der Waals surface area contributed by atoms with E-state index in [0.29, 0.717) is 5.82 Å². The molecule has 0 atom stereocenters. The first kappa shape index (κ1) is 36.8. The van der Waals surface area contributed by atoms with Crippen molar-refractivity contribution < 1.29 is 4.74 Å². The molecule has 0 saturated heterocycles. The number of nitrogens with zero attached hydrogens (tertiary/aromatic N) is 4. The van der Waals surface area contributed by atoms with Gasteiger partial charge in [0.05, 0.1) is 33.6 Å². The predicted octanol–water partition coefficient (Wildman–Crippen LogP) is 16.1. The van der Waals surface area contributed by atoms with Crippen molar-refractivity contribution in [1.82, 2.24) is 14.5 Å². The highest BCUT2D eigenvalue weighted by Crippen LogP contribution is 2.52. The third kappa shape index (κ3) is 6.09. The van der Waals surface area contributed by atoms with Crippen molar-refractivity contribution in [1.29, 1.82) is 0 Å². The van der Waals surface area contributed by atoms with Crippen LogP contribution in [0.3, 0.4) is 0 Å². The lowest BCUT2D eigenvalue weighted by Crippen LogP contribution is -2.15. The molecule has 5 heteroatoms. The van der Waals surface area contributed by atoms with Gasteiger partial charge in [0.1, 0.15) is 0 Å². The average Bonchev–Trinajstić information content (AvgIpc) is 3.73. The van der Waals surface area contributed by atoms with Gasteiger partial charge in [0.2, 0.25) is 0 Å². The summed E-state index contributed by atoms with van der Waals surface area (Å²) in [5.74, 6) is 2.33. The Balaban J connectivity index is 0.986. The normalized spacial score (nSPS) is 12.1. The molecule has 304 valence electrons. The van der Waals surface area contributed by atoms with E-state index in [1.165, 1.54) is 32.7 Å². The lowest BCUT2D eigenvalue weighted by molar-refractivity contribution is 0.477. The predicted molar refractivity (Wildman–Crippen MR) is 268 cm³/mol. The van der Waals surface area contributed by atoms with Crippen LogP contribution in [0.5, 0.6) is 11.5 Å². The van der Waals surface area contributed by atoms with Crippen LogP contribution >= 0.6 is 0 Å². The summed E-state index contributed by atoms with van der Waals surface area (Å²) in [4.78, 5) is 12.8. The highest BCUT2D eigenvalue weighted by atomic mass is 16.5. The third-order valence-electron chi connectivity index (χ3n) is 12.8. The quantitative estimate of drug-likeness (QED) is 0.167. The summed E-state index contributed by atoms with van der Waals surface area (Å²) in [6.07, 6.45) is 0. The summed E-state index contributed by atoms with van der Waals surface area (Å²) in [5, 5.41) is 5.82. The van der Waals surface area contributed by atoms with Gasteiger partial charge in [0, 0.05) is 38.7 Å². The Kier molecular flexibility index (Phi) is 8.46. The van der Waals surface area contributed by atoms with Crippen molar-refractivity contribution in [3.05, 3.63) is 231 Å². The summed E-state index contributed by atoms with van der Waals surface area (Å²) < 4.78 is 8.97.